The fourth-order valence-electron chi connectivity index (χ4n) is 1.36. The molecule has 0 saturated carbocycles. The van der Waals surface area contributed by atoms with Crippen LogP contribution in [0.15, 0.2) is 35.1 Å². The molecule has 0 spiro atoms. The smallest absolute Gasteiger partial charge is 0.275 e. The van der Waals surface area contributed by atoms with Crippen LogP contribution < -0.4 is 5.32 Å². The molecule has 1 N–H and O–H groups in total. The average molecular weight is 215 g/mol. The molecule has 2 rings (SSSR count). The molecule has 16 heavy (non-hydrogen) atoms. The van der Waals surface area contributed by atoms with E-state index in [1.807, 2.05) is 32.0 Å². The van der Waals surface area contributed by atoms with Crippen LogP contribution in [0.2, 0.25) is 0 Å². The van der Waals surface area contributed by atoms with E-state index in [-0.39, 0.29) is 11.8 Å². The predicted molar refractivity (Wildman–Crippen MR) is 62.6 cm³/mol. The van der Waals surface area contributed by atoms with Gasteiger partial charge in [0.15, 0.2) is 0 Å². The number of nitrogens with zero attached hydrogens (tertiary/aromatic N) is 2. The third kappa shape index (κ3) is 2.16. The van der Waals surface area contributed by atoms with Crippen molar-refractivity contribution in [2.75, 3.05) is 0 Å². The molecule has 2 heterocycles. The maximum Gasteiger partial charge on any atom is 0.275 e. The summed E-state index contributed by atoms with van der Waals surface area (Å²) in [7, 11) is 0. The standard InChI is InChI=1S/C12H13N3O/c1-8(2)11-14-10(12(16)15-11)7-9-5-3-4-6-13-9/h3-8H,1-2H3,(H,14,15,16)/b10-7+. The number of rotatable bonds is 2. The van der Waals surface area contributed by atoms with Crippen molar-refractivity contribution in [1.29, 1.82) is 0 Å². The Morgan fingerprint density at radius 2 is 2.19 bits per heavy atom. The van der Waals surface area contributed by atoms with Gasteiger partial charge in [-0.15, -0.1) is 0 Å². The van der Waals surface area contributed by atoms with Crippen LogP contribution >= 0.6 is 0 Å². The molecule has 0 aliphatic carbocycles. The second-order valence-electron chi connectivity index (χ2n) is 3.89. The maximum absolute atomic E-state index is 11.6. The number of aromatic nitrogens is 1. The van der Waals surface area contributed by atoms with E-state index < -0.39 is 0 Å². The summed E-state index contributed by atoms with van der Waals surface area (Å²) in [4.78, 5) is 19.9. The summed E-state index contributed by atoms with van der Waals surface area (Å²) in [6.45, 7) is 3.98. The molecule has 1 aliphatic heterocycles. The Morgan fingerprint density at radius 3 is 2.75 bits per heavy atom. The second kappa shape index (κ2) is 4.26. The first kappa shape index (κ1) is 10.5. The van der Waals surface area contributed by atoms with Crippen molar-refractivity contribution in [3.63, 3.8) is 0 Å². The summed E-state index contributed by atoms with van der Waals surface area (Å²) in [5.41, 5.74) is 1.16. The van der Waals surface area contributed by atoms with Gasteiger partial charge in [0, 0.05) is 12.1 Å². The van der Waals surface area contributed by atoms with E-state index in [0.717, 1.165) is 5.69 Å². The van der Waals surface area contributed by atoms with Gasteiger partial charge in [-0.25, -0.2) is 4.99 Å². The fourth-order valence-corrected chi connectivity index (χ4v) is 1.36. The molecule has 1 aliphatic rings. The summed E-state index contributed by atoms with van der Waals surface area (Å²) in [5.74, 6) is 0.778. The van der Waals surface area contributed by atoms with Gasteiger partial charge in [-0.3, -0.25) is 9.78 Å². The van der Waals surface area contributed by atoms with Crippen LogP contribution in [0.5, 0.6) is 0 Å². The van der Waals surface area contributed by atoms with Crippen molar-refractivity contribution in [3.05, 3.63) is 35.8 Å². The summed E-state index contributed by atoms with van der Waals surface area (Å²) in [6.07, 6.45) is 3.37. The number of hydrogen-bond acceptors (Lipinski definition) is 3. The number of pyridine rings is 1. The summed E-state index contributed by atoms with van der Waals surface area (Å²) >= 11 is 0. The predicted octanol–water partition coefficient (Wildman–Crippen LogP) is 1.61. The first-order valence-corrected chi connectivity index (χ1v) is 5.19. The van der Waals surface area contributed by atoms with E-state index >= 15 is 0 Å². The van der Waals surface area contributed by atoms with Gasteiger partial charge < -0.3 is 5.32 Å². The highest BCUT2D eigenvalue weighted by Gasteiger charge is 2.21. The van der Waals surface area contributed by atoms with Crippen LogP contribution in [0.3, 0.4) is 0 Å². The Balaban J connectivity index is 2.29. The third-order valence-electron chi connectivity index (χ3n) is 2.23. The Morgan fingerprint density at radius 1 is 1.38 bits per heavy atom. The molecule has 0 saturated heterocycles. The molecule has 82 valence electrons. The van der Waals surface area contributed by atoms with Crippen molar-refractivity contribution in [1.82, 2.24) is 10.3 Å². The first-order chi connectivity index (χ1) is 7.66. The number of aliphatic imine (C=N–C) groups is 1. The zero-order valence-electron chi connectivity index (χ0n) is 9.27. The number of nitrogens with one attached hydrogen (secondary N) is 1. The Bertz CT molecular complexity index is 460. The lowest BCUT2D eigenvalue weighted by Gasteiger charge is -2.01. The molecule has 1 aromatic heterocycles. The zero-order valence-corrected chi connectivity index (χ0v) is 9.27. The highest BCUT2D eigenvalue weighted by atomic mass is 16.2. The molecule has 1 amide bonds. The monoisotopic (exact) mass is 215 g/mol. The SMILES string of the molecule is CC(C)C1=N/C(=C/c2ccccn2)C(=O)N1. The molecule has 4 heteroatoms. The minimum absolute atomic E-state index is 0.158. The Labute approximate surface area is 94.1 Å². The number of amides is 1. The summed E-state index contributed by atoms with van der Waals surface area (Å²) < 4.78 is 0. The van der Waals surface area contributed by atoms with Crippen molar-refractivity contribution >= 4 is 17.8 Å². The number of hydrogen-bond donors (Lipinski definition) is 1. The van der Waals surface area contributed by atoms with E-state index in [1.54, 1.807) is 12.3 Å². The maximum atomic E-state index is 11.6. The average Bonchev–Trinajstić information content (AvgIpc) is 2.62. The normalized spacial score (nSPS) is 17.8. The van der Waals surface area contributed by atoms with Gasteiger partial charge in [-0.2, -0.15) is 0 Å². The molecular weight excluding hydrogens is 202 g/mol. The van der Waals surface area contributed by atoms with Gasteiger partial charge in [0.05, 0.1) is 5.69 Å². The highest BCUT2D eigenvalue weighted by molar-refractivity contribution is 6.14. The minimum Gasteiger partial charge on any atom is -0.308 e. The van der Waals surface area contributed by atoms with Crippen LogP contribution in [-0.4, -0.2) is 16.7 Å². The molecule has 1 aromatic rings. The molecule has 0 atom stereocenters. The van der Waals surface area contributed by atoms with Gasteiger partial charge in [-0.1, -0.05) is 19.9 Å². The second-order valence-corrected chi connectivity index (χ2v) is 3.89. The molecule has 0 unspecified atom stereocenters. The van der Waals surface area contributed by atoms with Gasteiger partial charge in [0.25, 0.3) is 5.91 Å². The van der Waals surface area contributed by atoms with Crippen molar-refractivity contribution < 1.29 is 4.79 Å². The van der Waals surface area contributed by atoms with E-state index in [4.69, 9.17) is 0 Å². The zero-order chi connectivity index (χ0) is 11.5. The largest absolute Gasteiger partial charge is 0.308 e. The lowest BCUT2D eigenvalue weighted by molar-refractivity contribution is -0.115. The molecule has 0 bridgehead atoms. The highest BCUT2D eigenvalue weighted by Crippen LogP contribution is 2.12. The van der Waals surface area contributed by atoms with E-state index in [1.165, 1.54) is 0 Å². The van der Waals surface area contributed by atoms with E-state index in [2.05, 4.69) is 15.3 Å². The van der Waals surface area contributed by atoms with Crippen molar-refractivity contribution in [2.24, 2.45) is 10.9 Å². The number of carbonyl (C=O) groups is 1. The lowest BCUT2D eigenvalue weighted by Crippen LogP contribution is -2.27. The number of amidine groups is 1. The van der Waals surface area contributed by atoms with Gasteiger partial charge in [0.1, 0.15) is 11.5 Å². The van der Waals surface area contributed by atoms with Crippen LogP contribution in [0.1, 0.15) is 19.5 Å². The van der Waals surface area contributed by atoms with Crippen LogP contribution in [0, 0.1) is 5.92 Å². The lowest BCUT2D eigenvalue weighted by atomic mass is 10.2. The van der Waals surface area contributed by atoms with Gasteiger partial charge >= 0.3 is 0 Å². The quantitative estimate of drug-likeness (QED) is 0.762. The summed E-state index contributed by atoms with van der Waals surface area (Å²) in [6, 6.07) is 5.54. The summed E-state index contributed by atoms with van der Waals surface area (Å²) in [5, 5.41) is 2.74. The number of carbonyl (C=O) groups excluding carboxylic acids is 1. The molecule has 0 radical (unpaired) electrons. The van der Waals surface area contributed by atoms with Crippen LogP contribution in [0.4, 0.5) is 0 Å². The van der Waals surface area contributed by atoms with E-state index in [9.17, 15) is 4.79 Å². The van der Waals surface area contributed by atoms with Crippen molar-refractivity contribution in [2.45, 2.75) is 13.8 Å². The van der Waals surface area contributed by atoms with Gasteiger partial charge in [0.2, 0.25) is 0 Å². The Kier molecular flexibility index (Phi) is 2.81. The fraction of sp³-hybridized carbons (Fsp3) is 0.250. The minimum atomic E-state index is -0.158. The Hall–Kier alpha value is -1.97. The molecule has 4 nitrogen and oxygen atoms in total. The topological polar surface area (TPSA) is 54.4 Å². The first-order valence-electron chi connectivity index (χ1n) is 5.19. The molecule has 0 fully saturated rings. The van der Waals surface area contributed by atoms with Crippen LogP contribution in [-0.2, 0) is 4.79 Å². The van der Waals surface area contributed by atoms with Gasteiger partial charge in [-0.05, 0) is 18.2 Å². The van der Waals surface area contributed by atoms with Crippen LogP contribution in [0.25, 0.3) is 6.08 Å². The van der Waals surface area contributed by atoms with E-state index in [0.29, 0.717) is 11.5 Å². The molecule has 0 aromatic carbocycles. The van der Waals surface area contributed by atoms with Crippen molar-refractivity contribution in [3.8, 4) is 0 Å². The molecular formula is C12H13N3O. The third-order valence-corrected chi connectivity index (χ3v) is 2.23.